The van der Waals surface area contributed by atoms with Crippen LogP contribution in [0.25, 0.3) is 0 Å². The molecule has 1 aliphatic carbocycles. The summed E-state index contributed by atoms with van der Waals surface area (Å²) in [5.41, 5.74) is -0.811. The number of hydrogen-bond donors (Lipinski definition) is 2. The zero-order valence-electron chi connectivity index (χ0n) is 13.9. The number of piperidine rings is 1. The highest BCUT2D eigenvalue weighted by Crippen LogP contribution is 2.29. The SMILES string of the molecule is Cn1cnnc1CC1(O)CCCN(c2cc(NC3CC3)ncn2)C1. The van der Waals surface area contributed by atoms with E-state index in [2.05, 4.69) is 30.4 Å². The Balaban J connectivity index is 1.48. The molecule has 4 rings (SSSR count). The number of nitrogens with one attached hydrogen (secondary N) is 1. The van der Waals surface area contributed by atoms with Crippen LogP contribution in [0.2, 0.25) is 0 Å². The van der Waals surface area contributed by atoms with Crippen LogP contribution in [0.3, 0.4) is 0 Å². The Morgan fingerprint density at radius 2 is 2.25 bits per heavy atom. The van der Waals surface area contributed by atoms with Gasteiger partial charge in [-0.15, -0.1) is 10.2 Å². The van der Waals surface area contributed by atoms with Crippen LogP contribution in [0.15, 0.2) is 18.7 Å². The summed E-state index contributed by atoms with van der Waals surface area (Å²) in [7, 11) is 1.90. The molecule has 0 aromatic carbocycles. The molecule has 2 fully saturated rings. The van der Waals surface area contributed by atoms with Crippen molar-refractivity contribution in [2.24, 2.45) is 7.05 Å². The Bertz CT molecular complexity index is 714. The first-order valence-corrected chi connectivity index (χ1v) is 8.50. The van der Waals surface area contributed by atoms with Crippen molar-refractivity contribution in [1.29, 1.82) is 0 Å². The van der Waals surface area contributed by atoms with Gasteiger partial charge in [0.2, 0.25) is 0 Å². The van der Waals surface area contributed by atoms with Crippen molar-refractivity contribution in [1.82, 2.24) is 24.7 Å². The van der Waals surface area contributed by atoms with Crippen LogP contribution >= 0.6 is 0 Å². The normalized spacial score (nSPS) is 24.2. The maximum atomic E-state index is 11.0. The largest absolute Gasteiger partial charge is 0.388 e. The van der Waals surface area contributed by atoms with Crippen LogP contribution in [0.5, 0.6) is 0 Å². The molecule has 8 heteroatoms. The lowest BCUT2D eigenvalue weighted by molar-refractivity contribution is 0.0236. The minimum Gasteiger partial charge on any atom is -0.388 e. The molecule has 8 nitrogen and oxygen atoms in total. The standard InChI is InChI=1S/C16H23N7O/c1-22-11-19-21-15(22)8-16(24)5-2-6-23(9-16)14-7-13(17-10-18-14)20-12-3-4-12/h7,10-12,24H,2-6,8-9H2,1H3,(H,17,18,20). The van der Waals surface area contributed by atoms with E-state index in [0.717, 1.165) is 36.8 Å². The third kappa shape index (κ3) is 3.33. The zero-order chi connectivity index (χ0) is 16.6. The van der Waals surface area contributed by atoms with Crippen LogP contribution in [0.1, 0.15) is 31.5 Å². The number of β-amino-alcohol motifs (C(OH)–C–C–N with tert-alkyl or cyclic N) is 1. The van der Waals surface area contributed by atoms with Crippen LogP contribution in [0.4, 0.5) is 11.6 Å². The lowest BCUT2D eigenvalue weighted by atomic mass is 9.89. The van der Waals surface area contributed by atoms with Crippen molar-refractivity contribution in [2.75, 3.05) is 23.3 Å². The molecule has 2 aliphatic rings. The van der Waals surface area contributed by atoms with Crippen molar-refractivity contribution in [3.63, 3.8) is 0 Å². The molecule has 1 saturated heterocycles. The molecular weight excluding hydrogens is 306 g/mol. The van der Waals surface area contributed by atoms with Gasteiger partial charge in [0.15, 0.2) is 0 Å². The highest BCUT2D eigenvalue weighted by molar-refractivity contribution is 5.50. The van der Waals surface area contributed by atoms with Crippen molar-refractivity contribution >= 4 is 11.6 Å². The fourth-order valence-electron chi connectivity index (χ4n) is 3.25. The number of nitrogens with zero attached hydrogens (tertiary/aromatic N) is 6. The van der Waals surface area contributed by atoms with Crippen molar-refractivity contribution in [3.8, 4) is 0 Å². The molecule has 1 atom stereocenters. The van der Waals surface area contributed by atoms with E-state index in [4.69, 9.17) is 0 Å². The van der Waals surface area contributed by atoms with Crippen LogP contribution in [0, 0.1) is 0 Å². The fraction of sp³-hybridized carbons (Fsp3) is 0.625. The maximum Gasteiger partial charge on any atom is 0.135 e. The number of aliphatic hydroxyl groups is 1. The molecule has 2 aromatic rings. The van der Waals surface area contributed by atoms with E-state index in [0.29, 0.717) is 19.0 Å². The fourth-order valence-corrected chi connectivity index (χ4v) is 3.25. The Hall–Kier alpha value is -2.22. The first-order valence-electron chi connectivity index (χ1n) is 8.50. The van der Waals surface area contributed by atoms with E-state index < -0.39 is 5.60 Å². The molecule has 128 valence electrons. The van der Waals surface area contributed by atoms with Gasteiger partial charge in [0.05, 0.1) is 5.60 Å². The van der Waals surface area contributed by atoms with Gasteiger partial charge >= 0.3 is 0 Å². The summed E-state index contributed by atoms with van der Waals surface area (Å²) in [6.07, 6.45) is 7.85. The molecular formula is C16H23N7O. The number of rotatable bonds is 5. The van der Waals surface area contributed by atoms with Crippen LogP contribution < -0.4 is 10.2 Å². The summed E-state index contributed by atoms with van der Waals surface area (Å²) in [6.45, 7) is 1.43. The van der Waals surface area contributed by atoms with Gasteiger partial charge in [0.1, 0.15) is 30.1 Å². The summed E-state index contributed by atoms with van der Waals surface area (Å²) >= 11 is 0. The summed E-state index contributed by atoms with van der Waals surface area (Å²) < 4.78 is 1.86. The van der Waals surface area contributed by atoms with Crippen molar-refractivity contribution < 1.29 is 5.11 Å². The van der Waals surface area contributed by atoms with Crippen molar-refractivity contribution in [3.05, 3.63) is 24.5 Å². The predicted molar refractivity (Wildman–Crippen MR) is 89.8 cm³/mol. The summed E-state index contributed by atoms with van der Waals surface area (Å²) in [5.74, 6) is 2.53. The van der Waals surface area contributed by atoms with E-state index in [1.165, 1.54) is 12.8 Å². The van der Waals surface area contributed by atoms with Crippen LogP contribution in [-0.2, 0) is 13.5 Å². The second kappa shape index (κ2) is 6.01. The minimum atomic E-state index is -0.811. The van der Waals surface area contributed by atoms with Gasteiger partial charge in [0.25, 0.3) is 0 Å². The molecule has 1 saturated carbocycles. The number of hydrogen-bond acceptors (Lipinski definition) is 7. The highest BCUT2D eigenvalue weighted by Gasteiger charge is 2.35. The average molecular weight is 329 g/mol. The monoisotopic (exact) mass is 329 g/mol. The third-order valence-electron chi connectivity index (χ3n) is 4.75. The van der Waals surface area contributed by atoms with E-state index in [-0.39, 0.29) is 0 Å². The smallest absolute Gasteiger partial charge is 0.135 e. The Labute approximate surface area is 140 Å². The highest BCUT2D eigenvalue weighted by atomic mass is 16.3. The van der Waals surface area contributed by atoms with Gasteiger partial charge in [0, 0.05) is 38.7 Å². The molecule has 3 heterocycles. The molecule has 0 radical (unpaired) electrons. The predicted octanol–water partition coefficient (Wildman–Crippen LogP) is 0.753. The molecule has 0 bridgehead atoms. The van der Waals surface area contributed by atoms with Crippen molar-refractivity contribution in [2.45, 2.75) is 43.7 Å². The quantitative estimate of drug-likeness (QED) is 0.836. The maximum absolute atomic E-state index is 11.0. The molecule has 0 spiro atoms. The molecule has 0 amide bonds. The van der Waals surface area contributed by atoms with E-state index >= 15 is 0 Å². The van der Waals surface area contributed by atoms with Gasteiger partial charge in [-0.05, 0) is 25.7 Å². The lowest BCUT2D eigenvalue weighted by Gasteiger charge is -2.39. The summed E-state index contributed by atoms with van der Waals surface area (Å²) in [6, 6.07) is 2.54. The number of anilines is 2. The molecule has 2 aromatic heterocycles. The van der Waals surface area contributed by atoms with Crippen LogP contribution in [-0.4, -0.2) is 54.6 Å². The minimum absolute atomic E-state index is 0.498. The Morgan fingerprint density at radius 1 is 1.38 bits per heavy atom. The van der Waals surface area contributed by atoms with E-state index in [9.17, 15) is 5.11 Å². The number of aromatic nitrogens is 5. The van der Waals surface area contributed by atoms with Gasteiger partial charge in [-0.25, -0.2) is 9.97 Å². The topological polar surface area (TPSA) is 92.0 Å². The number of aryl methyl sites for hydroxylation is 1. The molecule has 2 N–H and O–H groups in total. The Kier molecular flexibility index (Phi) is 3.84. The van der Waals surface area contributed by atoms with Gasteiger partial charge in [-0.1, -0.05) is 0 Å². The van der Waals surface area contributed by atoms with E-state index in [1.54, 1.807) is 12.7 Å². The van der Waals surface area contributed by atoms with Gasteiger partial charge in [-0.3, -0.25) is 0 Å². The zero-order valence-corrected chi connectivity index (χ0v) is 13.9. The summed E-state index contributed by atoms with van der Waals surface area (Å²) in [4.78, 5) is 10.8. The lowest BCUT2D eigenvalue weighted by Crippen LogP contribution is -2.50. The molecule has 1 aliphatic heterocycles. The first-order chi connectivity index (χ1) is 11.6. The van der Waals surface area contributed by atoms with Gasteiger partial charge in [-0.2, -0.15) is 0 Å². The second-order valence-electron chi connectivity index (χ2n) is 6.96. The third-order valence-corrected chi connectivity index (χ3v) is 4.75. The first kappa shape index (κ1) is 15.3. The second-order valence-corrected chi connectivity index (χ2v) is 6.96. The summed E-state index contributed by atoms with van der Waals surface area (Å²) in [5, 5.41) is 22.4. The molecule has 24 heavy (non-hydrogen) atoms. The Morgan fingerprint density at radius 3 is 3.00 bits per heavy atom. The molecule has 1 unspecified atom stereocenters. The van der Waals surface area contributed by atoms with Gasteiger partial charge < -0.3 is 19.9 Å². The average Bonchev–Trinajstić information content (AvgIpc) is 3.30. The van der Waals surface area contributed by atoms with E-state index in [1.807, 2.05) is 17.7 Å².